The molecule has 17 heteroatoms. The number of amides is 3. The smallest absolute Gasteiger partial charge is 0.268 e. The Bertz CT molecular complexity index is 3970. The van der Waals surface area contributed by atoms with E-state index in [4.69, 9.17) is 20.5 Å². The van der Waals surface area contributed by atoms with Crippen molar-refractivity contribution in [3.05, 3.63) is 273 Å². The second kappa shape index (κ2) is 27.2. The lowest BCUT2D eigenvalue weighted by atomic mass is 10.1. The van der Waals surface area contributed by atoms with Crippen molar-refractivity contribution in [1.29, 1.82) is 15.8 Å². The fraction of sp³-hybridized carbons (Fsp3) is 0.159. The summed E-state index contributed by atoms with van der Waals surface area (Å²) in [5, 5.41) is 35.6. The molecule has 0 radical (unpaired) electrons. The molecule has 16 nitrogen and oxygen atoms in total. The number of aromatic nitrogens is 3. The van der Waals surface area contributed by atoms with E-state index in [-0.39, 0.29) is 22.8 Å². The Hall–Kier alpha value is -10.2. The molecule has 8 aromatic rings. The second-order valence-electron chi connectivity index (χ2n) is 18.4. The van der Waals surface area contributed by atoms with Crippen molar-refractivity contribution >= 4 is 33.7 Å². The largest absolute Gasteiger partial charge is 0.497 e. The molecule has 1 aliphatic heterocycles. The van der Waals surface area contributed by atoms with E-state index in [0.29, 0.717) is 70.5 Å². The van der Waals surface area contributed by atoms with Gasteiger partial charge in [0.25, 0.3) is 34.4 Å². The van der Waals surface area contributed by atoms with Gasteiger partial charge in [0.15, 0.2) is 0 Å². The number of pyridine rings is 3. The van der Waals surface area contributed by atoms with Gasteiger partial charge < -0.3 is 20.7 Å². The highest BCUT2D eigenvalue weighted by molar-refractivity contribution is 9.10. The molecular formula is C63H54BrN9O7. The molecule has 5 aromatic carbocycles. The number of carbonyl (C=O) groups excluding carboxylic acids is 3. The molecule has 1 atom stereocenters. The fourth-order valence-electron chi connectivity index (χ4n) is 8.45. The molecule has 0 fully saturated rings. The Morgan fingerprint density at radius 3 is 1.38 bits per heavy atom. The van der Waals surface area contributed by atoms with Gasteiger partial charge in [0.1, 0.15) is 22.8 Å². The van der Waals surface area contributed by atoms with Crippen LogP contribution in [0.5, 0.6) is 0 Å². The molecule has 0 bridgehead atoms. The minimum atomic E-state index is -0.444. The summed E-state index contributed by atoms with van der Waals surface area (Å²) in [6, 6.07) is 51.5. The van der Waals surface area contributed by atoms with E-state index in [1.165, 1.54) is 31.9 Å². The summed E-state index contributed by atoms with van der Waals surface area (Å²) in [7, 11) is 0. The molecule has 9 rings (SSSR count). The van der Waals surface area contributed by atoms with Crippen molar-refractivity contribution in [3.8, 4) is 35.3 Å². The van der Waals surface area contributed by atoms with Gasteiger partial charge in [-0.2, -0.15) is 15.8 Å². The second-order valence-corrected chi connectivity index (χ2v) is 19.3. The lowest BCUT2D eigenvalue weighted by molar-refractivity contribution is 0.0873. The van der Waals surface area contributed by atoms with E-state index in [9.17, 15) is 28.8 Å². The Kier molecular flexibility index (Phi) is 19.6. The number of nitrogens with one attached hydrogen (secondary N) is 3. The number of rotatable bonds is 12. The van der Waals surface area contributed by atoms with Crippen LogP contribution in [0.2, 0.25) is 0 Å². The van der Waals surface area contributed by atoms with Gasteiger partial charge in [0.05, 0.1) is 64.8 Å². The van der Waals surface area contributed by atoms with Crippen LogP contribution in [0.1, 0.15) is 94.4 Å². The SMILES string of the molecule is Cc1ccc(C(=O)NCC2CCC=CO2)c(=O)n1-c1cccc(C#N)c1.Cc1ccc(C(=O)NCc2ccccc2Br)c(=O)n1-c1cccc(C#N)c1.Cc1ccc(CNC(=O)c2ccc(C)n(-c3cccc(C#N)c3)c2=O)cc1. The van der Waals surface area contributed by atoms with Crippen molar-refractivity contribution in [2.24, 2.45) is 0 Å². The number of benzene rings is 5. The predicted octanol–water partition coefficient (Wildman–Crippen LogP) is 9.41. The molecular weight excluding hydrogens is 1070 g/mol. The highest BCUT2D eigenvalue weighted by Crippen LogP contribution is 2.18. The number of nitrogens with zero attached hydrogens (tertiary/aromatic N) is 6. The maximum Gasteiger partial charge on any atom is 0.268 e. The minimum absolute atomic E-state index is 0.0509. The molecule has 3 amide bonds. The van der Waals surface area contributed by atoms with Crippen LogP contribution >= 0.6 is 15.9 Å². The van der Waals surface area contributed by atoms with Crippen LogP contribution in [-0.2, 0) is 17.8 Å². The van der Waals surface area contributed by atoms with Gasteiger partial charge in [-0.3, -0.25) is 42.5 Å². The number of carbonyl (C=O) groups is 3. The Balaban J connectivity index is 0.000000173. The molecule has 4 heterocycles. The number of hydrogen-bond donors (Lipinski definition) is 3. The van der Waals surface area contributed by atoms with Gasteiger partial charge in [0.2, 0.25) is 0 Å². The average Bonchev–Trinajstić information content (AvgIpc) is 3.49. The van der Waals surface area contributed by atoms with Crippen LogP contribution in [0.15, 0.2) is 189 Å². The maximum atomic E-state index is 12.9. The molecule has 0 spiro atoms. The van der Waals surface area contributed by atoms with Crippen LogP contribution < -0.4 is 32.6 Å². The first-order valence-electron chi connectivity index (χ1n) is 25.2. The summed E-state index contributed by atoms with van der Waals surface area (Å²) in [5.74, 6) is -1.30. The molecule has 0 aliphatic carbocycles. The van der Waals surface area contributed by atoms with Crippen molar-refractivity contribution in [3.63, 3.8) is 0 Å². The maximum absolute atomic E-state index is 12.9. The number of allylic oxidation sites excluding steroid dienone is 1. The van der Waals surface area contributed by atoms with E-state index in [2.05, 4.69) is 50.1 Å². The first-order chi connectivity index (χ1) is 38.6. The van der Waals surface area contributed by atoms with Gasteiger partial charge in [0, 0.05) is 34.6 Å². The van der Waals surface area contributed by atoms with Crippen molar-refractivity contribution < 1.29 is 19.1 Å². The lowest BCUT2D eigenvalue weighted by Gasteiger charge is -2.19. The van der Waals surface area contributed by atoms with Crippen LogP contribution in [0.4, 0.5) is 0 Å². The van der Waals surface area contributed by atoms with E-state index >= 15 is 0 Å². The third-order valence-electron chi connectivity index (χ3n) is 12.8. The average molecular weight is 1130 g/mol. The molecule has 0 saturated carbocycles. The number of aryl methyl sites for hydroxylation is 4. The minimum Gasteiger partial charge on any atom is -0.497 e. The van der Waals surface area contributed by atoms with Crippen molar-refractivity contribution in [2.75, 3.05) is 6.54 Å². The Morgan fingerprint density at radius 2 is 0.963 bits per heavy atom. The number of nitriles is 3. The van der Waals surface area contributed by atoms with E-state index in [1.807, 2.05) is 61.5 Å². The third kappa shape index (κ3) is 14.5. The van der Waals surface area contributed by atoms with Gasteiger partial charge in [-0.15, -0.1) is 0 Å². The van der Waals surface area contributed by atoms with Crippen LogP contribution in [0, 0.1) is 61.7 Å². The van der Waals surface area contributed by atoms with E-state index < -0.39 is 34.4 Å². The molecule has 0 saturated heterocycles. The summed E-state index contributed by atoms with van der Waals surface area (Å²) in [4.78, 5) is 76.3. The van der Waals surface area contributed by atoms with Gasteiger partial charge in [-0.1, -0.05) is 82.2 Å². The molecule has 80 heavy (non-hydrogen) atoms. The lowest BCUT2D eigenvalue weighted by Crippen LogP contribution is -2.37. The Labute approximate surface area is 470 Å². The molecule has 1 aliphatic rings. The molecule has 400 valence electrons. The fourth-order valence-corrected chi connectivity index (χ4v) is 8.87. The van der Waals surface area contributed by atoms with E-state index in [0.717, 1.165) is 34.0 Å². The standard InChI is InChI=1S/C22H19N3O2.C21H16BrN3O2.C20H19N3O3/c1-15-6-9-17(10-7-15)14-24-21(26)20-11-8-16(2)25(22(20)27)19-5-3-4-18(12-19)13-23;1-14-9-10-18(20(26)24-13-16-6-2-3-8-19(16)22)21(27)25(14)17-7-4-5-15(11-17)12-23;1-14-8-9-18(19(24)22-13-17-7-2-3-10-26-17)20(25)23(14)16-6-4-5-15(11-16)12-21/h3-12H,14H2,1-2H3,(H,24,26);2-11H,13H2,1H3,(H,24,26);3-6,8-11,17H,2,7,13H2,1H3,(H,22,24). The van der Waals surface area contributed by atoms with Crippen molar-refractivity contribution in [2.45, 2.75) is 59.7 Å². The predicted molar refractivity (Wildman–Crippen MR) is 308 cm³/mol. The molecule has 3 N–H and O–H groups in total. The quantitative estimate of drug-likeness (QED) is 0.105. The number of hydrogen-bond acceptors (Lipinski definition) is 10. The zero-order valence-corrected chi connectivity index (χ0v) is 45.8. The van der Waals surface area contributed by atoms with Crippen LogP contribution in [0.3, 0.4) is 0 Å². The first-order valence-corrected chi connectivity index (χ1v) is 26.0. The topological polar surface area (TPSA) is 234 Å². The molecule has 3 aromatic heterocycles. The first kappa shape index (κ1) is 57.6. The van der Waals surface area contributed by atoms with E-state index in [1.54, 1.807) is 118 Å². The highest BCUT2D eigenvalue weighted by atomic mass is 79.9. The zero-order chi connectivity index (χ0) is 57.3. The third-order valence-corrected chi connectivity index (χ3v) is 13.5. The summed E-state index contributed by atoms with van der Waals surface area (Å²) in [6.45, 7) is 8.34. The number of halogens is 1. The van der Waals surface area contributed by atoms with Gasteiger partial charge in [-0.25, -0.2) is 0 Å². The summed E-state index contributed by atoms with van der Waals surface area (Å²) < 4.78 is 10.6. The van der Waals surface area contributed by atoms with Crippen LogP contribution in [0.25, 0.3) is 17.1 Å². The number of ether oxygens (including phenoxy) is 1. The highest BCUT2D eigenvalue weighted by Gasteiger charge is 2.20. The zero-order valence-electron chi connectivity index (χ0n) is 44.2. The Morgan fingerprint density at radius 1 is 0.537 bits per heavy atom. The van der Waals surface area contributed by atoms with Crippen molar-refractivity contribution in [1.82, 2.24) is 29.7 Å². The van der Waals surface area contributed by atoms with Gasteiger partial charge in [-0.05, 0) is 155 Å². The monoisotopic (exact) mass is 1130 g/mol. The summed E-state index contributed by atoms with van der Waals surface area (Å²) in [5.41, 5.74) is 7.02. The van der Waals surface area contributed by atoms with Crippen LogP contribution in [-0.4, -0.2) is 44.1 Å². The summed E-state index contributed by atoms with van der Waals surface area (Å²) in [6.07, 6.45) is 5.24. The van der Waals surface area contributed by atoms with Gasteiger partial charge >= 0.3 is 0 Å². The normalized spacial score (nSPS) is 12.1. The summed E-state index contributed by atoms with van der Waals surface area (Å²) >= 11 is 3.44. The molecule has 1 unspecified atom stereocenters.